The minimum Gasteiger partial charge on any atom is -0.368 e. The van der Waals surface area contributed by atoms with Gasteiger partial charge in [-0.05, 0) is 31.4 Å². The number of carbonyl (C=O) groups excluding carboxylic acids is 2. The highest BCUT2D eigenvalue weighted by Gasteiger charge is 2.31. The monoisotopic (exact) mass is 247 g/mol. The van der Waals surface area contributed by atoms with E-state index in [-0.39, 0.29) is 17.6 Å². The highest BCUT2D eigenvalue weighted by Crippen LogP contribution is 2.23. The number of carbonyl (C=O) groups is 2. The Morgan fingerprint density at radius 1 is 1.33 bits per heavy atom. The molecule has 1 aliphatic heterocycles. The Balaban J connectivity index is 2.14. The van der Waals surface area contributed by atoms with Crippen LogP contribution >= 0.6 is 0 Å². The van der Waals surface area contributed by atoms with Crippen molar-refractivity contribution in [2.45, 2.75) is 26.4 Å². The van der Waals surface area contributed by atoms with Gasteiger partial charge in [-0.2, -0.15) is 0 Å². The van der Waals surface area contributed by atoms with Gasteiger partial charge in [-0.1, -0.05) is 19.1 Å². The van der Waals surface area contributed by atoms with Crippen LogP contribution in [0.25, 0.3) is 0 Å². The Hall–Kier alpha value is -1.68. The average Bonchev–Trinajstić information content (AvgIpc) is 2.76. The SMILES string of the molecule is CC(=O)c1ccccc1NC(=O)C1OCCC1C. The van der Waals surface area contributed by atoms with E-state index in [1.807, 2.05) is 6.92 Å². The number of rotatable bonds is 3. The van der Waals surface area contributed by atoms with E-state index in [4.69, 9.17) is 4.74 Å². The van der Waals surface area contributed by atoms with Crippen molar-refractivity contribution in [2.75, 3.05) is 11.9 Å². The molecule has 2 atom stereocenters. The van der Waals surface area contributed by atoms with Gasteiger partial charge < -0.3 is 10.1 Å². The molecule has 4 nitrogen and oxygen atoms in total. The molecule has 0 radical (unpaired) electrons. The van der Waals surface area contributed by atoms with E-state index in [0.29, 0.717) is 17.9 Å². The molecule has 1 aromatic rings. The van der Waals surface area contributed by atoms with Gasteiger partial charge >= 0.3 is 0 Å². The lowest BCUT2D eigenvalue weighted by molar-refractivity contribution is -0.126. The van der Waals surface area contributed by atoms with Crippen LogP contribution in [0.3, 0.4) is 0 Å². The Bertz CT molecular complexity index is 470. The molecule has 1 N–H and O–H groups in total. The van der Waals surface area contributed by atoms with Crippen LogP contribution in [-0.2, 0) is 9.53 Å². The zero-order valence-electron chi connectivity index (χ0n) is 10.6. The number of para-hydroxylation sites is 1. The van der Waals surface area contributed by atoms with Crippen molar-refractivity contribution >= 4 is 17.4 Å². The lowest BCUT2D eigenvalue weighted by Crippen LogP contribution is -2.31. The van der Waals surface area contributed by atoms with Crippen LogP contribution in [0.2, 0.25) is 0 Å². The summed E-state index contributed by atoms with van der Waals surface area (Å²) in [7, 11) is 0. The van der Waals surface area contributed by atoms with E-state index in [0.717, 1.165) is 6.42 Å². The lowest BCUT2D eigenvalue weighted by Gasteiger charge is -2.15. The van der Waals surface area contributed by atoms with Crippen molar-refractivity contribution in [3.05, 3.63) is 29.8 Å². The summed E-state index contributed by atoms with van der Waals surface area (Å²) in [5.41, 5.74) is 1.08. The third-order valence-corrected chi connectivity index (χ3v) is 3.21. The second-order valence-corrected chi connectivity index (χ2v) is 4.65. The normalized spacial score (nSPS) is 22.8. The van der Waals surface area contributed by atoms with E-state index >= 15 is 0 Å². The summed E-state index contributed by atoms with van der Waals surface area (Å²) in [5, 5.41) is 2.78. The molecule has 2 rings (SSSR count). The fraction of sp³-hybridized carbons (Fsp3) is 0.429. The van der Waals surface area contributed by atoms with Gasteiger partial charge in [0.05, 0.1) is 5.69 Å². The molecule has 0 spiro atoms. The number of Topliss-reactive ketones (excluding diaryl/α,β-unsaturated/α-hetero) is 1. The molecule has 0 aliphatic carbocycles. The highest BCUT2D eigenvalue weighted by atomic mass is 16.5. The molecular formula is C14H17NO3. The van der Waals surface area contributed by atoms with Crippen LogP contribution < -0.4 is 5.32 Å². The van der Waals surface area contributed by atoms with Crippen molar-refractivity contribution in [3.8, 4) is 0 Å². The molecule has 1 saturated heterocycles. The molecule has 2 unspecified atom stereocenters. The van der Waals surface area contributed by atoms with E-state index in [2.05, 4.69) is 5.32 Å². The van der Waals surface area contributed by atoms with Gasteiger partial charge in [-0.3, -0.25) is 9.59 Å². The summed E-state index contributed by atoms with van der Waals surface area (Å²) in [4.78, 5) is 23.5. The van der Waals surface area contributed by atoms with Crippen molar-refractivity contribution in [1.82, 2.24) is 0 Å². The van der Waals surface area contributed by atoms with E-state index in [1.54, 1.807) is 24.3 Å². The Labute approximate surface area is 106 Å². The standard InChI is InChI=1S/C14H17NO3/c1-9-7-8-18-13(9)14(17)15-12-6-4-3-5-11(12)10(2)16/h3-6,9,13H,7-8H2,1-2H3,(H,15,17). The van der Waals surface area contributed by atoms with Gasteiger partial charge in [-0.25, -0.2) is 0 Å². The van der Waals surface area contributed by atoms with Gasteiger partial charge in [0, 0.05) is 12.2 Å². The number of ether oxygens (including phenoxy) is 1. The first-order valence-electron chi connectivity index (χ1n) is 6.12. The van der Waals surface area contributed by atoms with Crippen LogP contribution in [0.4, 0.5) is 5.69 Å². The van der Waals surface area contributed by atoms with E-state index < -0.39 is 6.10 Å². The number of ketones is 1. The van der Waals surface area contributed by atoms with Crippen molar-refractivity contribution in [2.24, 2.45) is 5.92 Å². The van der Waals surface area contributed by atoms with Crippen molar-refractivity contribution < 1.29 is 14.3 Å². The minimum absolute atomic E-state index is 0.0636. The topological polar surface area (TPSA) is 55.4 Å². The van der Waals surface area contributed by atoms with Crippen molar-refractivity contribution in [1.29, 1.82) is 0 Å². The number of nitrogens with one attached hydrogen (secondary N) is 1. The fourth-order valence-corrected chi connectivity index (χ4v) is 2.13. The molecule has 1 heterocycles. The minimum atomic E-state index is -0.412. The van der Waals surface area contributed by atoms with Gasteiger partial charge in [0.1, 0.15) is 6.10 Å². The van der Waals surface area contributed by atoms with Crippen LogP contribution in [-0.4, -0.2) is 24.4 Å². The molecule has 0 aromatic heterocycles. The number of anilines is 1. The maximum Gasteiger partial charge on any atom is 0.253 e. The summed E-state index contributed by atoms with van der Waals surface area (Å²) >= 11 is 0. The summed E-state index contributed by atoms with van der Waals surface area (Å²) < 4.78 is 5.40. The Morgan fingerprint density at radius 2 is 2.06 bits per heavy atom. The van der Waals surface area contributed by atoms with Crippen LogP contribution in [0.5, 0.6) is 0 Å². The summed E-state index contributed by atoms with van der Waals surface area (Å²) in [6.07, 6.45) is 0.483. The summed E-state index contributed by atoms with van der Waals surface area (Å²) in [6, 6.07) is 7.01. The molecule has 0 saturated carbocycles. The van der Waals surface area contributed by atoms with Crippen LogP contribution in [0.15, 0.2) is 24.3 Å². The second kappa shape index (κ2) is 5.31. The number of benzene rings is 1. The third kappa shape index (κ3) is 2.59. The molecule has 1 amide bonds. The molecular weight excluding hydrogens is 230 g/mol. The van der Waals surface area contributed by atoms with Gasteiger partial charge in [0.2, 0.25) is 0 Å². The number of hydrogen-bond donors (Lipinski definition) is 1. The summed E-state index contributed by atoms with van der Waals surface area (Å²) in [6.45, 7) is 4.10. The Morgan fingerprint density at radius 3 is 2.67 bits per heavy atom. The molecule has 1 aromatic carbocycles. The maximum absolute atomic E-state index is 12.1. The lowest BCUT2D eigenvalue weighted by atomic mass is 10.0. The smallest absolute Gasteiger partial charge is 0.253 e. The van der Waals surface area contributed by atoms with Gasteiger partial charge in [0.25, 0.3) is 5.91 Å². The maximum atomic E-state index is 12.1. The van der Waals surface area contributed by atoms with Crippen LogP contribution in [0, 0.1) is 5.92 Å². The second-order valence-electron chi connectivity index (χ2n) is 4.65. The van der Waals surface area contributed by atoms with Gasteiger partial charge in [-0.15, -0.1) is 0 Å². The molecule has 1 aliphatic rings. The average molecular weight is 247 g/mol. The molecule has 96 valence electrons. The van der Waals surface area contributed by atoms with Crippen molar-refractivity contribution in [3.63, 3.8) is 0 Å². The number of amides is 1. The zero-order chi connectivity index (χ0) is 13.1. The number of hydrogen-bond acceptors (Lipinski definition) is 3. The Kier molecular flexibility index (Phi) is 3.77. The van der Waals surface area contributed by atoms with E-state index in [9.17, 15) is 9.59 Å². The predicted molar refractivity (Wildman–Crippen MR) is 68.6 cm³/mol. The largest absolute Gasteiger partial charge is 0.368 e. The zero-order valence-corrected chi connectivity index (χ0v) is 10.6. The fourth-order valence-electron chi connectivity index (χ4n) is 2.13. The predicted octanol–water partition coefficient (Wildman–Crippen LogP) is 2.25. The molecule has 18 heavy (non-hydrogen) atoms. The first-order chi connectivity index (χ1) is 8.59. The highest BCUT2D eigenvalue weighted by molar-refractivity contribution is 6.04. The first kappa shape index (κ1) is 12.8. The molecule has 4 heteroatoms. The summed E-state index contributed by atoms with van der Waals surface area (Å²) in [5.74, 6) is -0.0190. The molecule has 0 bridgehead atoms. The quantitative estimate of drug-likeness (QED) is 0.833. The van der Waals surface area contributed by atoms with Crippen LogP contribution in [0.1, 0.15) is 30.6 Å². The molecule has 1 fully saturated rings. The van der Waals surface area contributed by atoms with E-state index in [1.165, 1.54) is 6.92 Å². The first-order valence-corrected chi connectivity index (χ1v) is 6.12. The third-order valence-electron chi connectivity index (χ3n) is 3.21. The van der Waals surface area contributed by atoms with Gasteiger partial charge in [0.15, 0.2) is 5.78 Å².